The monoisotopic (exact) mass is 1550 g/mol. The molecule has 0 heterocycles. The Balaban J connectivity index is 5.52. The van der Waals surface area contributed by atoms with E-state index in [1.165, 1.54) is 141 Å². The summed E-state index contributed by atoms with van der Waals surface area (Å²) in [5, 5.41) is 10.9. The predicted molar refractivity (Wildman–Crippen MR) is 431 cm³/mol. The van der Waals surface area contributed by atoms with Crippen LogP contribution in [0.15, 0.2) is 0 Å². The van der Waals surface area contributed by atoms with Crippen molar-refractivity contribution in [3.8, 4) is 0 Å². The number of nitrogens with one attached hydrogen (secondary N) is 4. The van der Waals surface area contributed by atoms with Crippen LogP contribution in [0, 0.1) is 0 Å². The summed E-state index contributed by atoms with van der Waals surface area (Å²) >= 11 is 0. The van der Waals surface area contributed by atoms with Gasteiger partial charge < -0.3 is 58.3 Å². The average Bonchev–Trinajstić information content (AvgIpc) is 0.961. The first-order chi connectivity index (χ1) is 51.7. The van der Waals surface area contributed by atoms with E-state index < -0.39 is 46.4 Å². The molecule has 0 rings (SSSR count). The molecule has 0 bridgehead atoms. The minimum absolute atomic E-state index is 0.0206. The van der Waals surface area contributed by atoms with Gasteiger partial charge in [-0.2, -0.15) is 0 Å². The van der Waals surface area contributed by atoms with Gasteiger partial charge in [0.1, 0.15) is 23.8 Å². The fourth-order valence-corrected chi connectivity index (χ4v) is 14.1. The highest BCUT2D eigenvalue weighted by Crippen LogP contribution is 2.26. The number of hydrogen-bond acceptors (Lipinski definition) is 17. The van der Waals surface area contributed by atoms with E-state index in [1.54, 1.807) is 0 Å². The molecule has 0 aromatic rings. The van der Waals surface area contributed by atoms with E-state index in [4.69, 9.17) is 37.0 Å². The molecule has 4 amide bonds. The molecule has 0 spiro atoms. The van der Waals surface area contributed by atoms with Gasteiger partial charge in [-0.25, -0.2) is 4.79 Å². The number of urea groups is 1. The summed E-state index contributed by atoms with van der Waals surface area (Å²) in [6.07, 6.45) is 54.2. The Labute approximate surface area is 647 Å². The van der Waals surface area contributed by atoms with E-state index in [0.29, 0.717) is 38.5 Å². The van der Waals surface area contributed by atoms with Crippen LogP contribution in [0.25, 0.3) is 0 Å². The van der Waals surface area contributed by atoms with Crippen molar-refractivity contribution in [2.75, 3.05) is 65.9 Å². The lowest BCUT2D eigenvalue weighted by Crippen LogP contribution is -2.42. The fourth-order valence-electron chi connectivity index (χ4n) is 12.7. The van der Waals surface area contributed by atoms with E-state index in [-0.39, 0.29) is 114 Å². The smallest absolute Gasteiger partial charge is 0.319 e. The van der Waals surface area contributed by atoms with E-state index >= 15 is 0 Å². The number of rotatable bonds is 84. The number of amides is 4. The fraction of sp³-hybridized carbons (Fsp3) is 0.916. The zero-order chi connectivity index (χ0) is 77.7. The van der Waals surface area contributed by atoms with Crippen molar-refractivity contribution >= 4 is 57.9 Å². The molecule has 0 aliphatic rings. The van der Waals surface area contributed by atoms with Gasteiger partial charge in [-0.15, -0.1) is 0 Å². The molecule has 0 aromatic carbocycles. The second kappa shape index (κ2) is 79.8. The van der Waals surface area contributed by atoms with Gasteiger partial charge in [0, 0.05) is 51.6 Å². The molecule has 0 aliphatic carbocycles. The second-order valence-corrected chi connectivity index (χ2v) is 31.8. The van der Waals surface area contributed by atoms with Crippen molar-refractivity contribution in [3.05, 3.63) is 0 Å². The Morgan fingerprint density at radius 2 is 0.557 bits per heavy atom. The Morgan fingerprint density at radius 1 is 0.292 bits per heavy atom. The molecular formula is C83H160N4O17P2. The van der Waals surface area contributed by atoms with Gasteiger partial charge in [0.05, 0.1) is 77.8 Å². The molecule has 0 saturated heterocycles. The van der Waals surface area contributed by atoms with Crippen LogP contribution in [0.2, 0.25) is 0 Å². The van der Waals surface area contributed by atoms with Crippen LogP contribution in [0.5, 0.6) is 0 Å². The minimum atomic E-state index is -3.13. The van der Waals surface area contributed by atoms with Crippen LogP contribution in [0.3, 0.4) is 0 Å². The number of carbonyl (C=O) groups is 7. The summed E-state index contributed by atoms with van der Waals surface area (Å²) in [6.45, 7) is 12.7. The highest BCUT2D eigenvalue weighted by atomic mass is 31.1. The molecule has 0 aliphatic heterocycles. The summed E-state index contributed by atoms with van der Waals surface area (Å²) in [5.41, 5.74) is 0. The molecule has 0 radical (unpaired) electrons. The SMILES string of the molecule is CCCCCCCCCCCC(=O)CC(=O)N[C@H](COCC[C@@H](CCCCCCC)OC(=O)CCCCCCCCCCC)CO[PH](=O)OCCNC(=O)NCCO[PH](=O)OC[C@@H](COCC[C@@H](CCCCCCC)OC(=O)CCCCCCCCCCC)NC(=O)CC(=O)CCCCCCCCCCC. The quantitative estimate of drug-likeness (QED) is 0.0191. The summed E-state index contributed by atoms with van der Waals surface area (Å²) < 4.78 is 72.2. The highest BCUT2D eigenvalue weighted by molar-refractivity contribution is 7.33. The minimum Gasteiger partial charge on any atom is -0.462 e. The normalized spacial score (nSPS) is 13.2. The van der Waals surface area contributed by atoms with Crippen LogP contribution in [-0.2, 0) is 74.9 Å². The third-order valence-corrected chi connectivity index (χ3v) is 20.9. The lowest BCUT2D eigenvalue weighted by molar-refractivity contribution is -0.151. The molecular weight excluding hydrogens is 1390 g/mol. The van der Waals surface area contributed by atoms with Gasteiger partial charge in [-0.3, -0.25) is 37.9 Å². The zero-order valence-corrected chi connectivity index (χ0v) is 70.4. The van der Waals surface area contributed by atoms with Crippen molar-refractivity contribution < 1.29 is 79.7 Å². The molecule has 21 nitrogen and oxygen atoms in total. The van der Waals surface area contributed by atoms with Gasteiger partial charge in [0.15, 0.2) is 0 Å². The summed E-state index contributed by atoms with van der Waals surface area (Å²) in [5.74, 6) is -1.69. The Morgan fingerprint density at radius 3 is 0.849 bits per heavy atom. The number of Topliss-reactive ketones (excluding diaryl/α,β-unsaturated/α-hetero) is 2. The number of carbonyl (C=O) groups excluding carboxylic acids is 7. The van der Waals surface area contributed by atoms with Crippen LogP contribution in [0.4, 0.5) is 4.79 Å². The Kier molecular flexibility index (Phi) is 77.3. The Hall–Kier alpha value is -3.29. The highest BCUT2D eigenvalue weighted by Gasteiger charge is 2.22. The molecule has 106 heavy (non-hydrogen) atoms. The van der Waals surface area contributed by atoms with Gasteiger partial charge in [-0.05, 0) is 51.4 Å². The first-order valence-corrected chi connectivity index (χ1v) is 45.9. The Bertz CT molecular complexity index is 1990. The van der Waals surface area contributed by atoms with Gasteiger partial charge >= 0.3 is 34.5 Å². The number of ether oxygens (including phenoxy) is 4. The summed E-state index contributed by atoms with van der Waals surface area (Å²) in [6, 6.07) is -2.16. The molecule has 0 fully saturated rings. The molecule has 0 saturated carbocycles. The van der Waals surface area contributed by atoms with Crippen LogP contribution < -0.4 is 21.3 Å². The van der Waals surface area contributed by atoms with Crippen molar-refractivity contribution in [1.82, 2.24) is 21.3 Å². The summed E-state index contributed by atoms with van der Waals surface area (Å²) in [7, 11) is -6.26. The van der Waals surface area contributed by atoms with Crippen molar-refractivity contribution in [3.63, 3.8) is 0 Å². The molecule has 4 N–H and O–H groups in total. The maximum atomic E-state index is 13.3. The predicted octanol–water partition coefficient (Wildman–Crippen LogP) is 21.1. The van der Waals surface area contributed by atoms with Crippen LogP contribution in [-0.4, -0.2) is 132 Å². The molecule has 6 atom stereocenters. The molecule has 0 aromatic heterocycles. The number of esters is 2. The second-order valence-electron chi connectivity index (χ2n) is 29.6. The third-order valence-electron chi connectivity index (χ3n) is 19.2. The van der Waals surface area contributed by atoms with Crippen molar-refractivity contribution in [2.45, 2.75) is 425 Å². The van der Waals surface area contributed by atoms with Gasteiger partial charge in [0.2, 0.25) is 11.8 Å². The van der Waals surface area contributed by atoms with E-state index in [0.717, 1.165) is 167 Å². The number of hydrogen-bond donors (Lipinski definition) is 4. The maximum absolute atomic E-state index is 13.3. The third kappa shape index (κ3) is 73.5. The average molecular weight is 1550 g/mol. The maximum Gasteiger partial charge on any atom is 0.319 e. The van der Waals surface area contributed by atoms with Gasteiger partial charge in [0.25, 0.3) is 0 Å². The summed E-state index contributed by atoms with van der Waals surface area (Å²) in [4.78, 5) is 91.1. The van der Waals surface area contributed by atoms with Crippen LogP contribution in [0.1, 0.15) is 401 Å². The first-order valence-electron chi connectivity index (χ1n) is 43.5. The lowest BCUT2D eigenvalue weighted by atomic mass is 10.0. The molecule has 2 unspecified atom stereocenters. The first kappa shape index (κ1) is 103. The lowest BCUT2D eigenvalue weighted by Gasteiger charge is -2.21. The van der Waals surface area contributed by atoms with Crippen molar-refractivity contribution in [2.24, 2.45) is 0 Å². The topological polar surface area (TPSA) is 276 Å². The standard InChI is InChI=1S/C83H160N4O17P2/c1-7-13-19-25-29-33-37-43-47-53-75(88)67-79(90)86-73(69-97-63-59-77(55-49-41-23-17-11-5)103-81(92)57-51-45-39-35-31-27-21-15-9-3)71-101-105(95)99-65-61-84-83(94)85-62-66-100-106(96)102-72-74(87-80(91)68-76(89)54-48-44-38-34-30-26-20-14-8-2)70-98-64-60-78(56-50-42-24-18-12-6)104-82(93)58-52-46-40-36-32-28-22-16-10-4/h73-74,77-78,105-106H,7-72H2,1-6H3,(H,86,90)(H,87,91)(H2,84,85,94)/t73-,74-,77-,78-/m1/s1. The largest absolute Gasteiger partial charge is 0.462 e. The number of ketones is 2. The molecule has 23 heteroatoms. The van der Waals surface area contributed by atoms with Crippen LogP contribution >= 0.6 is 16.5 Å². The molecule has 624 valence electrons. The van der Waals surface area contributed by atoms with Gasteiger partial charge in [-0.1, -0.05) is 298 Å². The van der Waals surface area contributed by atoms with E-state index in [2.05, 4.69) is 62.8 Å². The zero-order valence-electron chi connectivity index (χ0n) is 68.4. The van der Waals surface area contributed by atoms with Crippen molar-refractivity contribution in [1.29, 1.82) is 0 Å². The van der Waals surface area contributed by atoms with E-state index in [9.17, 15) is 42.7 Å². The van der Waals surface area contributed by atoms with E-state index in [1.807, 2.05) is 0 Å². The number of unbranched alkanes of at least 4 members (excludes halogenated alkanes) is 40.